The Labute approximate surface area is 126 Å². The molecule has 1 fully saturated rings. The number of rotatable bonds is 6. The van der Waals surface area contributed by atoms with Crippen molar-refractivity contribution in [1.82, 2.24) is 9.55 Å². The van der Waals surface area contributed by atoms with Crippen LogP contribution >= 0.6 is 0 Å². The summed E-state index contributed by atoms with van der Waals surface area (Å²) in [6, 6.07) is 8.47. The Morgan fingerprint density at radius 1 is 1.43 bits per heavy atom. The van der Waals surface area contributed by atoms with Crippen LogP contribution in [0.15, 0.2) is 24.3 Å². The number of para-hydroxylation sites is 2. The summed E-state index contributed by atoms with van der Waals surface area (Å²) in [5, 5.41) is 0. The van der Waals surface area contributed by atoms with Crippen molar-refractivity contribution in [3.63, 3.8) is 0 Å². The molecule has 1 saturated heterocycles. The van der Waals surface area contributed by atoms with Gasteiger partial charge < -0.3 is 15.0 Å². The SMILES string of the molecule is CCCn1c(CC(N)CC2CCCO2)nc2ccccc21. The van der Waals surface area contributed by atoms with Crippen LogP contribution in [0.3, 0.4) is 0 Å². The zero-order chi connectivity index (χ0) is 14.7. The molecule has 0 saturated carbocycles. The predicted octanol–water partition coefficient (Wildman–Crippen LogP) is 2.89. The predicted molar refractivity (Wildman–Crippen MR) is 85.3 cm³/mol. The van der Waals surface area contributed by atoms with Crippen molar-refractivity contribution < 1.29 is 4.74 Å². The van der Waals surface area contributed by atoms with Gasteiger partial charge in [-0.05, 0) is 37.8 Å². The summed E-state index contributed by atoms with van der Waals surface area (Å²) < 4.78 is 8.01. The molecule has 0 radical (unpaired) electrons. The lowest BCUT2D eigenvalue weighted by molar-refractivity contribution is 0.0981. The van der Waals surface area contributed by atoms with Crippen molar-refractivity contribution in [2.45, 2.75) is 57.7 Å². The average molecular weight is 287 g/mol. The highest BCUT2D eigenvalue weighted by Crippen LogP contribution is 2.20. The highest BCUT2D eigenvalue weighted by molar-refractivity contribution is 5.75. The minimum Gasteiger partial charge on any atom is -0.378 e. The van der Waals surface area contributed by atoms with Gasteiger partial charge in [0.1, 0.15) is 5.82 Å². The van der Waals surface area contributed by atoms with Gasteiger partial charge >= 0.3 is 0 Å². The molecule has 4 nitrogen and oxygen atoms in total. The highest BCUT2D eigenvalue weighted by Gasteiger charge is 2.20. The normalized spacial score (nSPS) is 20.2. The molecule has 0 bridgehead atoms. The minimum absolute atomic E-state index is 0.125. The number of fused-ring (bicyclic) bond motifs is 1. The van der Waals surface area contributed by atoms with Crippen LogP contribution in [0.5, 0.6) is 0 Å². The zero-order valence-corrected chi connectivity index (χ0v) is 12.8. The topological polar surface area (TPSA) is 53.1 Å². The standard InChI is InChI=1S/C17H25N3O/c1-2-9-20-16-8-4-3-7-15(16)19-17(20)12-13(18)11-14-6-5-10-21-14/h3-4,7-8,13-14H,2,5-6,9-12,18H2,1H3. The van der Waals surface area contributed by atoms with Gasteiger partial charge in [-0.15, -0.1) is 0 Å². The third kappa shape index (κ3) is 3.27. The largest absolute Gasteiger partial charge is 0.378 e. The number of hydrogen-bond donors (Lipinski definition) is 1. The maximum absolute atomic E-state index is 6.34. The highest BCUT2D eigenvalue weighted by atomic mass is 16.5. The van der Waals surface area contributed by atoms with Crippen molar-refractivity contribution in [3.8, 4) is 0 Å². The Balaban J connectivity index is 1.76. The summed E-state index contributed by atoms with van der Waals surface area (Å²) in [5.41, 5.74) is 8.63. The van der Waals surface area contributed by atoms with Crippen molar-refractivity contribution >= 4 is 11.0 Å². The number of nitrogens with two attached hydrogens (primary N) is 1. The molecule has 4 heteroatoms. The van der Waals surface area contributed by atoms with Gasteiger partial charge in [0.15, 0.2) is 0 Å². The molecule has 2 unspecified atom stereocenters. The second kappa shape index (κ2) is 6.58. The van der Waals surface area contributed by atoms with E-state index in [2.05, 4.69) is 29.7 Å². The lowest BCUT2D eigenvalue weighted by Crippen LogP contribution is -2.29. The minimum atomic E-state index is 0.125. The molecule has 1 aromatic carbocycles. The molecular weight excluding hydrogens is 262 g/mol. The number of aromatic nitrogens is 2. The summed E-state index contributed by atoms with van der Waals surface area (Å²) in [5.74, 6) is 1.11. The first-order valence-electron chi connectivity index (χ1n) is 8.09. The van der Waals surface area contributed by atoms with Gasteiger partial charge in [-0.3, -0.25) is 0 Å². The number of hydrogen-bond acceptors (Lipinski definition) is 3. The molecule has 21 heavy (non-hydrogen) atoms. The van der Waals surface area contributed by atoms with Gasteiger partial charge in [-0.25, -0.2) is 4.98 Å². The molecule has 2 atom stereocenters. The van der Waals surface area contributed by atoms with E-state index in [0.717, 1.165) is 50.2 Å². The van der Waals surface area contributed by atoms with Crippen LogP contribution in [-0.4, -0.2) is 28.3 Å². The molecular formula is C17H25N3O. The molecule has 2 aromatic rings. The molecule has 0 amide bonds. The molecule has 2 heterocycles. The van der Waals surface area contributed by atoms with Crippen LogP contribution in [0.1, 0.15) is 38.4 Å². The fourth-order valence-corrected chi connectivity index (χ4v) is 3.24. The number of nitrogens with zero attached hydrogens (tertiary/aromatic N) is 2. The molecule has 2 N–H and O–H groups in total. The Morgan fingerprint density at radius 2 is 2.29 bits per heavy atom. The molecule has 0 spiro atoms. The van der Waals surface area contributed by atoms with Crippen LogP contribution in [-0.2, 0) is 17.7 Å². The smallest absolute Gasteiger partial charge is 0.111 e. The first kappa shape index (κ1) is 14.5. The lowest BCUT2D eigenvalue weighted by atomic mass is 10.0. The van der Waals surface area contributed by atoms with Gasteiger partial charge in [-0.2, -0.15) is 0 Å². The first-order valence-corrected chi connectivity index (χ1v) is 8.09. The molecule has 114 valence electrons. The molecule has 1 aliphatic heterocycles. The maximum atomic E-state index is 6.34. The van der Waals surface area contributed by atoms with Crippen LogP contribution in [0.25, 0.3) is 11.0 Å². The third-order valence-corrected chi connectivity index (χ3v) is 4.22. The second-order valence-electron chi connectivity index (χ2n) is 6.00. The Morgan fingerprint density at radius 3 is 3.05 bits per heavy atom. The summed E-state index contributed by atoms with van der Waals surface area (Å²) in [6.07, 6.45) is 5.55. The summed E-state index contributed by atoms with van der Waals surface area (Å²) in [7, 11) is 0. The van der Waals surface area contributed by atoms with E-state index < -0.39 is 0 Å². The number of benzene rings is 1. The Kier molecular flexibility index (Phi) is 4.56. The van der Waals surface area contributed by atoms with Crippen molar-refractivity contribution in [1.29, 1.82) is 0 Å². The quantitative estimate of drug-likeness (QED) is 0.889. The van der Waals surface area contributed by atoms with Crippen LogP contribution < -0.4 is 5.73 Å². The second-order valence-corrected chi connectivity index (χ2v) is 6.00. The van der Waals surface area contributed by atoms with E-state index >= 15 is 0 Å². The van der Waals surface area contributed by atoms with Crippen molar-refractivity contribution in [2.24, 2.45) is 5.73 Å². The van der Waals surface area contributed by atoms with E-state index in [1.54, 1.807) is 0 Å². The number of imidazole rings is 1. The van der Waals surface area contributed by atoms with Crippen LogP contribution in [0, 0.1) is 0 Å². The van der Waals surface area contributed by atoms with Crippen molar-refractivity contribution in [2.75, 3.05) is 6.61 Å². The molecule has 0 aliphatic carbocycles. The summed E-state index contributed by atoms with van der Waals surface area (Å²) in [4.78, 5) is 4.79. The maximum Gasteiger partial charge on any atom is 0.111 e. The Bertz CT molecular complexity index is 587. The number of ether oxygens (including phenoxy) is 1. The summed E-state index contributed by atoms with van der Waals surface area (Å²) >= 11 is 0. The first-order chi connectivity index (χ1) is 10.3. The molecule has 1 aliphatic rings. The summed E-state index contributed by atoms with van der Waals surface area (Å²) in [6.45, 7) is 4.10. The van der Waals surface area contributed by atoms with E-state index in [-0.39, 0.29) is 6.04 Å². The fourth-order valence-electron chi connectivity index (χ4n) is 3.24. The van der Waals surface area contributed by atoms with Gasteiger partial charge in [0.05, 0.1) is 17.1 Å². The lowest BCUT2D eigenvalue weighted by Gasteiger charge is -2.16. The van der Waals surface area contributed by atoms with E-state index in [9.17, 15) is 0 Å². The van der Waals surface area contributed by atoms with Gasteiger partial charge in [-0.1, -0.05) is 19.1 Å². The van der Waals surface area contributed by atoms with Crippen LogP contribution in [0.2, 0.25) is 0 Å². The van der Waals surface area contributed by atoms with Crippen LogP contribution in [0.4, 0.5) is 0 Å². The Hall–Kier alpha value is -1.39. The third-order valence-electron chi connectivity index (χ3n) is 4.22. The monoisotopic (exact) mass is 287 g/mol. The van der Waals surface area contributed by atoms with E-state index in [4.69, 9.17) is 15.5 Å². The molecule has 1 aromatic heterocycles. The number of aryl methyl sites for hydroxylation is 1. The fraction of sp³-hybridized carbons (Fsp3) is 0.588. The van der Waals surface area contributed by atoms with E-state index in [0.29, 0.717) is 6.10 Å². The van der Waals surface area contributed by atoms with Gasteiger partial charge in [0.25, 0.3) is 0 Å². The molecule has 3 rings (SSSR count). The van der Waals surface area contributed by atoms with E-state index in [1.807, 2.05) is 6.07 Å². The van der Waals surface area contributed by atoms with Crippen molar-refractivity contribution in [3.05, 3.63) is 30.1 Å². The van der Waals surface area contributed by atoms with Gasteiger partial charge in [0, 0.05) is 25.6 Å². The van der Waals surface area contributed by atoms with Gasteiger partial charge in [0.2, 0.25) is 0 Å². The van der Waals surface area contributed by atoms with E-state index in [1.165, 1.54) is 11.9 Å². The zero-order valence-electron chi connectivity index (χ0n) is 12.8. The average Bonchev–Trinajstić information content (AvgIpc) is 3.08.